The van der Waals surface area contributed by atoms with Gasteiger partial charge in [0, 0.05) is 37.8 Å². The molecule has 1 atom stereocenters. The maximum atomic E-state index is 14.0. The van der Waals surface area contributed by atoms with E-state index in [1.807, 2.05) is 11.0 Å². The highest BCUT2D eigenvalue weighted by Crippen LogP contribution is 2.20. The minimum Gasteiger partial charge on any atom is -0.336 e. The molecule has 1 aromatic carbocycles. The average molecular weight is 302 g/mol. The van der Waals surface area contributed by atoms with Gasteiger partial charge in [-0.1, -0.05) is 6.07 Å². The van der Waals surface area contributed by atoms with Crippen molar-refractivity contribution in [2.75, 3.05) is 26.2 Å². The topological polar surface area (TPSA) is 59.4 Å². The van der Waals surface area contributed by atoms with Crippen LogP contribution >= 0.6 is 0 Å². The number of amides is 2. The first-order valence-electron chi connectivity index (χ1n) is 7.63. The number of nitriles is 1. The Morgan fingerprint density at radius 2 is 2.27 bits per heavy atom. The van der Waals surface area contributed by atoms with Crippen molar-refractivity contribution < 1.29 is 9.18 Å². The van der Waals surface area contributed by atoms with Gasteiger partial charge in [-0.05, 0) is 31.5 Å². The summed E-state index contributed by atoms with van der Waals surface area (Å²) in [7, 11) is 0. The van der Waals surface area contributed by atoms with Crippen LogP contribution in [-0.4, -0.2) is 48.1 Å². The van der Waals surface area contributed by atoms with Gasteiger partial charge in [-0.2, -0.15) is 5.26 Å². The van der Waals surface area contributed by atoms with Gasteiger partial charge in [-0.25, -0.2) is 9.18 Å². The Labute approximate surface area is 129 Å². The van der Waals surface area contributed by atoms with Gasteiger partial charge < -0.3 is 10.2 Å². The summed E-state index contributed by atoms with van der Waals surface area (Å²) in [6.07, 6.45) is 2.01. The van der Waals surface area contributed by atoms with E-state index in [9.17, 15) is 9.18 Å². The predicted octanol–water partition coefficient (Wildman–Crippen LogP) is 1.69. The molecule has 2 amide bonds. The summed E-state index contributed by atoms with van der Waals surface area (Å²) in [5, 5.41) is 11.6. The Hall–Kier alpha value is -2.13. The average Bonchev–Trinajstić information content (AvgIpc) is 2.96. The van der Waals surface area contributed by atoms with Crippen LogP contribution in [0.3, 0.4) is 0 Å². The highest BCUT2D eigenvalue weighted by Gasteiger charge is 2.31. The number of hydrogen-bond acceptors (Lipinski definition) is 3. The maximum Gasteiger partial charge on any atom is 0.317 e. The number of likely N-dealkylation sites (tertiary alicyclic amines) is 1. The summed E-state index contributed by atoms with van der Waals surface area (Å²) in [6, 6.07) is 6.77. The minimum absolute atomic E-state index is 0.0106. The van der Waals surface area contributed by atoms with Crippen molar-refractivity contribution in [3.63, 3.8) is 0 Å². The zero-order valence-corrected chi connectivity index (χ0v) is 12.4. The van der Waals surface area contributed by atoms with E-state index >= 15 is 0 Å². The molecule has 2 fully saturated rings. The number of rotatable bonds is 3. The van der Waals surface area contributed by atoms with Gasteiger partial charge in [0.25, 0.3) is 0 Å². The van der Waals surface area contributed by atoms with Crippen LogP contribution in [0, 0.1) is 17.1 Å². The van der Waals surface area contributed by atoms with Gasteiger partial charge in [-0.15, -0.1) is 0 Å². The molecule has 1 N–H and O–H groups in total. The quantitative estimate of drug-likeness (QED) is 0.924. The maximum absolute atomic E-state index is 14.0. The van der Waals surface area contributed by atoms with Crippen molar-refractivity contribution in [1.29, 1.82) is 5.26 Å². The highest BCUT2D eigenvalue weighted by atomic mass is 19.1. The van der Waals surface area contributed by atoms with Crippen LogP contribution in [0.15, 0.2) is 18.2 Å². The fourth-order valence-electron chi connectivity index (χ4n) is 3.25. The summed E-state index contributed by atoms with van der Waals surface area (Å²) in [4.78, 5) is 15.8. The van der Waals surface area contributed by atoms with Crippen LogP contribution in [0.2, 0.25) is 0 Å². The van der Waals surface area contributed by atoms with Crippen molar-refractivity contribution in [3.05, 3.63) is 35.1 Å². The Balaban J connectivity index is 1.65. The number of nitrogens with one attached hydrogen (secondary N) is 1. The molecule has 3 rings (SSSR count). The molecule has 5 nitrogen and oxygen atoms in total. The smallest absolute Gasteiger partial charge is 0.317 e. The van der Waals surface area contributed by atoms with Crippen LogP contribution in [-0.2, 0) is 6.54 Å². The lowest BCUT2D eigenvalue weighted by Crippen LogP contribution is -2.48. The van der Waals surface area contributed by atoms with Gasteiger partial charge in [-0.3, -0.25) is 4.90 Å². The molecular formula is C16H19FN4O. The molecule has 116 valence electrons. The summed E-state index contributed by atoms with van der Waals surface area (Å²) >= 11 is 0. The van der Waals surface area contributed by atoms with E-state index in [-0.39, 0.29) is 17.9 Å². The summed E-state index contributed by atoms with van der Waals surface area (Å²) < 4.78 is 14.0. The fraction of sp³-hybridized carbons (Fsp3) is 0.500. The number of carbonyl (C=O) groups excluding carboxylic acids is 1. The standard InChI is InChI=1S/C16H19FN4O/c17-15-8-12(9-18)3-4-13(15)10-20-6-1-2-14(11-20)21-7-5-19-16(21)22/h3-4,8,14H,1-2,5-7,10-11H2,(H,19,22)/t14-/m0/s1. The van der Waals surface area contributed by atoms with Crippen molar-refractivity contribution >= 4 is 6.03 Å². The highest BCUT2D eigenvalue weighted by molar-refractivity contribution is 5.76. The molecule has 22 heavy (non-hydrogen) atoms. The largest absolute Gasteiger partial charge is 0.336 e. The SMILES string of the molecule is N#Cc1ccc(CN2CCC[C@H](N3CCNC3=O)C2)c(F)c1. The van der Waals surface area contributed by atoms with Gasteiger partial charge in [0.05, 0.1) is 11.6 Å². The minimum atomic E-state index is -0.333. The van der Waals surface area contributed by atoms with Crippen molar-refractivity contribution in [2.45, 2.75) is 25.4 Å². The molecule has 2 aliphatic rings. The molecule has 0 aliphatic carbocycles. The van der Waals surface area contributed by atoms with E-state index in [0.29, 0.717) is 24.2 Å². The van der Waals surface area contributed by atoms with E-state index in [4.69, 9.17) is 5.26 Å². The lowest BCUT2D eigenvalue weighted by atomic mass is 10.0. The second-order valence-corrected chi connectivity index (χ2v) is 5.87. The van der Waals surface area contributed by atoms with Gasteiger partial charge in [0.15, 0.2) is 0 Å². The molecule has 1 aromatic rings. The number of urea groups is 1. The molecule has 0 unspecified atom stereocenters. The monoisotopic (exact) mass is 302 g/mol. The molecule has 2 aliphatic heterocycles. The Morgan fingerprint density at radius 3 is 2.95 bits per heavy atom. The molecule has 0 aromatic heterocycles. The third-order valence-corrected chi connectivity index (χ3v) is 4.39. The molecule has 6 heteroatoms. The Bertz CT molecular complexity index is 613. The van der Waals surface area contributed by atoms with E-state index in [1.165, 1.54) is 6.07 Å². The van der Waals surface area contributed by atoms with E-state index < -0.39 is 0 Å². The second kappa shape index (κ2) is 6.32. The zero-order chi connectivity index (χ0) is 15.5. The first-order chi connectivity index (χ1) is 10.7. The molecule has 2 saturated heterocycles. The first-order valence-corrected chi connectivity index (χ1v) is 7.63. The van der Waals surface area contributed by atoms with E-state index in [0.717, 1.165) is 32.5 Å². The third-order valence-electron chi connectivity index (χ3n) is 4.39. The number of benzene rings is 1. The van der Waals surface area contributed by atoms with Crippen LogP contribution in [0.4, 0.5) is 9.18 Å². The van der Waals surface area contributed by atoms with Gasteiger partial charge in [0.1, 0.15) is 5.82 Å². The van der Waals surface area contributed by atoms with Gasteiger partial charge >= 0.3 is 6.03 Å². The molecule has 0 bridgehead atoms. The normalized spacial score (nSPS) is 22.5. The van der Waals surface area contributed by atoms with Gasteiger partial charge in [0.2, 0.25) is 0 Å². The zero-order valence-electron chi connectivity index (χ0n) is 12.4. The van der Waals surface area contributed by atoms with Crippen LogP contribution in [0.1, 0.15) is 24.0 Å². The Kier molecular flexibility index (Phi) is 4.25. The second-order valence-electron chi connectivity index (χ2n) is 5.87. The number of nitrogens with zero attached hydrogens (tertiary/aromatic N) is 3. The summed E-state index contributed by atoms with van der Waals surface area (Å²) in [5.41, 5.74) is 0.942. The van der Waals surface area contributed by atoms with Crippen molar-refractivity contribution in [3.8, 4) is 6.07 Å². The van der Waals surface area contributed by atoms with E-state index in [1.54, 1.807) is 12.1 Å². The fourth-order valence-corrected chi connectivity index (χ4v) is 3.25. The predicted molar refractivity (Wildman–Crippen MR) is 79.5 cm³/mol. The molecule has 0 spiro atoms. The molecule has 0 radical (unpaired) electrons. The van der Waals surface area contributed by atoms with E-state index in [2.05, 4.69) is 10.2 Å². The van der Waals surface area contributed by atoms with Crippen molar-refractivity contribution in [1.82, 2.24) is 15.1 Å². The number of carbonyl (C=O) groups is 1. The third kappa shape index (κ3) is 3.04. The van der Waals surface area contributed by atoms with Crippen molar-refractivity contribution in [2.24, 2.45) is 0 Å². The lowest BCUT2D eigenvalue weighted by Gasteiger charge is -2.37. The van der Waals surface area contributed by atoms with Crippen LogP contribution in [0.5, 0.6) is 0 Å². The Morgan fingerprint density at radius 1 is 1.41 bits per heavy atom. The number of hydrogen-bond donors (Lipinski definition) is 1. The first kappa shape index (κ1) is 14.8. The lowest BCUT2D eigenvalue weighted by molar-refractivity contribution is 0.121. The van der Waals surface area contributed by atoms with Crippen LogP contribution < -0.4 is 5.32 Å². The molecule has 2 heterocycles. The number of piperidine rings is 1. The molecule has 0 saturated carbocycles. The van der Waals surface area contributed by atoms with Crippen LogP contribution in [0.25, 0.3) is 0 Å². The summed E-state index contributed by atoms with van der Waals surface area (Å²) in [6.45, 7) is 3.66. The number of halogens is 1. The molecular weight excluding hydrogens is 283 g/mol. The summed E-state index contributed by atoms with van der Waals surface area (Å²) in [5.74, 6) is -0.333.